The Hall–Kier alpha value is -5.94. The smallest absolute Gasteiger partial charge is 0.341 e. The topological polar surface area (TPSA) is 112 Å². The predicted molar refractivity (Wildman–Crippen MR) is 282 cm³/mol. The van der Waals surface area contributed by atoms with E-state index >= 15 is 0 Å². The number of benzene rings is 4. The summed E-state index contributed by atoms with van der Waals surface area (Å²) < 4.78 is 24.6. The molecule has 0 radical (unpaired) electrons. The fraction of sp³-hybridized carbons (Fsp3) is 0.148. The standard InChI is InChI=1S/C54H42O8S6/c55-49(56)31-61-41-15-11-35-25-33(29-59-19-17-37-27-47(43-5-1-21-63-43)67-53(37)45-7-3-23-65-45)9-13-39(35)51(41)52-40-14-10-34(26-36(40)12-16-42(52)62-32-50(57)58)30-60-20-18-38-28-48(44-6-2-22-64-44)68-54(38)46-8-4-24-66-46/h1-16,21-28H,17-20,29-32H2,(H,55,56)(H,57,58). The fourth-order valence-corrected chi connectivity index (χ4v) is 14.1. The van der Waals surface area contributed by atoms with Crippen molar-refractivity contribution in [2.75, 3.05) is 26.4 Å². The Kier molecular flexibility index (Phi) is 14.2. The number of aliphatic carboxylic acids is 2. The van der Waals surface area contributed by atoms with Crippen LogP contribution in [0.4, 0.5) is 0 Å². The molecule has 0 amide bonds. The monoisotopic (exact) mass is 1010 g/mol. The van der Waals surface area contributed by atoms with Crippen molar-refractivity contribution in [3.05, 3.63) is 165 Å². The number of carboxylic acid groups (broad SMARTS) is 2. The van der Waals surface area contributed by atoms with Gasteiger partial charge in [-0.05, 0) is 139 Å². The Morgan fingerprint density at radius 1 is 0.456 bits per heavy atom. The number of carboxylic acids is 2. The second-order valence-electron chi connectivity index (χ2n) is 15.8. The first-order valence-corrected chi connectivity index (χ1v) is 26.9. The van der Waals surface area contributed by atoms with Crippen molar-refractivity contribution in [3.8, 4) is 61.6 Å². The van der Waals surface area contributed by atoms with Gasteiger partial charge in [0, 0.05) is 50.1 Å². The lowest BCUT2D eigenvalue weighted by atomic mass is 9.91. The number of thiophene rings is 6. The van der Waals surface area contributed by atoms with Crippen LogP contribution in [0.2, 0.25) is 0 Å². The maximum absolute atomic E-state index is 11.8. The number of fused-ring (bicyclic) bond motifs is 2. The summed E-state index contributed by atoms with van der Waals surface area (Å²) in [7, 11) is 0. The van der Waals surface area contributed by atoms with Crippen LogP contribution in [0.5, 0.6) is 11.5 Å². The largest absolute Gasteiger partial charge is 0.481 e. The van der Waals surface area contributed by atoms with Crippen molar-refractivity contribution < 1.29 is 38.7 Å². The Morgan fingerprint density at radius 3 is 1.25 bits per heavy atom. The van der Waals surface area contributed by atoms with Crippen molar-refractivity contribution in [1.82, 2.24) is 0 Å². The molecule has 0 fully saturated rings. The zero-order valence-electron chi connectivity index (χ0n) is 36.3. The van der Waals surface area contributed by atoms with E-state index in [4.69, 9.17) is 18.9 Å². The van der Waals surface area contributed by atoms with Gasteiger partial charge in [-0.15, -0.1) is 68.0 Å². The van der Waals surface area contributed by atoms with E-state index in [2.05, 4.69) is 94.3 Å². The molecule has 14 heteroatoms. The van der Waals surface area contributed by atoms with Crippen molar-refractivity contribution >= 4 is 102 Å². The van der Waals surface area contributed by atoms with Crippen LogP contribution >= 0.6 is 68.0 Å². The van der Waals surface area contributed by atoms with Crippen LogP contribution < -0.4 is 9.47 Å². The highest BCUT2D eigenvalue weighted by Gasteiger charge is 2.22. The fourth-order valence-electron chi connectivity index (χ4n) is 8.22. The Balaban J connectivity index is 0.902. The molecule has 342 valence electrons. The lowest BCUT2D eigenvalue weighted by Gasteiger charge is -2.20. The molecular weight excluding hydrogens is 969 g/mol. The minimum absolute atomic E-state index is 0.334. The summed E-state index contributed by atoms with van der Waals surface area (Å²) in [5.41, 5.74) is 5.70. The first-order valence-electron chi connectivity index (χ1n) is 21.7. The van der Waals surface area contributed by atoms with E-state index in [1.54, 1.807) is 57.5 Å². The van der Waals surface area contributed by atoms with Crippen LogP contribution in [0, 0.1) is 0 Å². The van der Waals surface area contributed by atoms with E-state index in [1.807, 2.05) is 59.1 Å². The average molecular weight is 1010 g/mol. The molecule has 0 aliphatic rings. The lowest BCUT2D eigenvalue weighted by molar-refractivity contribution is -0.140. The summed E-state index contributed by atoms with van der Waals surface area (Å²) in [4.78, 5) is 33.8. The maximum Gasteiger partial charge on any atom is 0.341 e. The van der Waals surface area contributed by atoms with E-state index < -0.39 is 25.2 Å². The molecule has 0 spiro atoms. The van der Waals surface area contributed by atoms with Crippen LogP contribution in [0.25, 0.3) is 71.7 Å². The predicted octanol–water partition coefficient (Wildman–Crippen LogP) is 15.1. The maximum atomic E-state index is 11.8. The normalized spacial score (nSPS) is 11.5. The van der Waals surface area contributed by atoms with Gasteiger partial charge in [-0.25, -0.2) is 9.59 Å². The van der Waals surface area contributed by atoms with Gasteiger partial charge < -0.3 is 29.2 Å². The van der Waals surface area contributed by atoms with Gasteiger partial charge in [0.25, 0.3) is 0 Å². The molecule has 10 aromatic rings. The number of ether oxygens (including phenoxy) is 4. The zero-order valence-corrected chi connectivity index (χ0v) is 41.2. The van der Waals surface area contributed by atoms with E-state index in [0.717, 1.165) is 45.5 Å². The van der Waals surface area contributed by atoms with Gasteiger partial charge in [-0.2, -0.15) is 0 Å². The molecule has 0 unspecified atom stereocenters. The highest BCUT2D eigenvalue weighted by atomic mass is 32.1. The van der Waals surface area contributed by atoms with Crippen molar-refractivity contribution in [2.24, 2.45) is 0 Å². The minimum Gasteiger partial charge on any atom is -0.481 e. The molecule has 6 heterocycles. The summed E-state index contributed by atoms with van der Waals surface area (Å²) in [6, 6.07) is 41.1. The van der Waals surface area contributed by atoms with E-state index in [1.165, 1.54) is 50.1 Å². The van der Waals surface area contributed by atoms with Crippen LogP contribution in [-0.4, -0.2) is 48.6 Å². The molecule has 0 aliphatic carbocycles. The number of carbonyl (C=O) groups is 2. The zero-order chi connectivity index (χ0) is 46.4. The molecule has 0 aliphatic heterocycles. The minimum atomic E-state index is -1.12. The van der Waals surface area contributed by atoms with Gasteiger partial charge in [0.2, 0.25) is 0 Å². The average Bonchev–Trinajstić information content (AvgIpc) is 4.21. The van der Waals surface area contributed by atoms with Gasteiger partial charge in [0.1, 0.15) is 11.5 Å². The summed E-state index contributed by atoms with van der Waals surface area (Å²) in [5.74, 6) is -1.57. The molecule has 68 heavy (non-hydrogen) atoms. The molecule has 2 N–H and O–H groups in total. The van der Waals surface area contributed by atoms with Crippen molar-refractivity contribution in [1.29, 1.82) is 0 Å². The highest BCUT2D eigenvalue weighted by Crippen LogP contribution is 2.47. The first-order chi connectivity index (χ1) is 33.3. The summed E-state index contributed by atoms with van der Waals surface area (Å²) in [6.45, 7) is 0.739. The number of hydrogen-bond acceptors (Lipinski definition) is 12. The summed E-state index contributed by atoms with van der Waals surface area (Å²) in [5, 5.41) is 31.1. The Morgan fingerprint density at radius 2 is 0.868 bits per heavy atom. The second-order valence-corrected chi connectivity index (χ2v) is 21.7. The van der Waals surface area contributed by atoms with Crippen LogP contribution in [0.3, 0.4) is 0 Å². The number of hydrogen-bond donors (Lipinski definition) is 2. The molecule has 0 saturated heterocycles. The molecule has 8 nitrogen and oxygen atoms in total. The van der Waals surface area contributed by atoms with Gasteiger partial charge >= 0.3 is 11.9 Å². The molecule has 0 atom stereocenters. The molecule has 10 rings (SSSR count). The van der Waals surface area contributed by atoms with Gasteiger partial charge in [-0.3, -0.25) is 0 Å². The third-order valence-electron chi connectivity index (χ3n) is 11.2. The Labute approximate surface area is 416 Å². The summed E-state index contributed by atoms with van der Waals surface area (Å²) in [6.07, 6.45) is 1.54. The number of rotatable bonds is 21. The van der Waals surface area contributed by atoms with E-state index in [0.29, 0.717) is 49.1 Å². The van der Waals surface area contributed by atoms with Crippen LogP contribution in [0.15, 0.2) is 143 Å². The SMILES string of the molecule is O=C(O)COc1ccc2cc(COCCc3cc(-c4cccs4)sc3-c3cccs3)ccc2c1-c1c(OCC(=O)O)ccc2cc(COCCc3cc(-c4cccs4)sc3-c3cccs3)ccc12. The third kappa shape index (κ3) is 10.4. The molecule has 6 aromatic heterocycles. The molecule has 0 bridgehead atoms. The first kappa shape index (κ1) is 45.8. The van der Waals surface area contributed by atoms with Crippen molar-refractivity contribution in [2.45, 2.75) is 26.1 Å². The van der Waals surface area contributed by atoms with Gasteiger partial charge in [0.05, 0.1) is 26.4 Å². The Bertz CT molecular complexity index is 3090. The van der Waals surface area contributed by atoms with E-state index in [-0.39, 0.29) is 0 Å². The molecule has 0 saturated carbocycles. The quantitative estimate of drug-likeness (QED) is 0.0685. The summed E-state index contributed by atoms with van der Waals surface area (Å²) >= 11 is 10.6. The molecular formula is C54H42O8S6. The second kappa shape index (κ2) is 21.1. The lowest BCUT2D eigenvalue weighted by Crippen LogP contribution is -2.11. The third-order valence-corrected chi connectivity index (χ3v) is 17.8. The van der Waals surface area contributed by atoms with Gasteiger partial charge in [-0.1, -0.05) is 60.7 Å². The van der Waals surface area contributed by atoms with Crippen molar-refractivity contribution in [3.63, 3.8) is 0 Å². The molecule has 4 aromatic carbocycles. The van der Waals surface area contributed by atoms with E-state index in [9.17, 15) is 19.8 Å². The van der Waals surface area contributed by atoms with Crippen LogP contribution in [0.1, 0.15) is 22.3 Å². The highest BCUT2D eigenvalue weighted by molar-refractivity contribution is 7.26. The van der Waals surface area contributed by atoms with Crippen LogP contribution in [-0.2, 0) is 45.1 Å². The van der Waals surface area contributed by atoms with Gasteiger partial charge in [0.15, 0.2) is 13.2 Å².